The number of hydrogen-bond donors (Lipinski definition) is 0. The molecule has 7 heteroatoms. The fraction of sp³-hybridized carbons (Fsp3) is 0.320. The van der Waals surface area contributed by atoms with Crippen LogP contribution in [0.15, 0.2) is 66.7 Å². The molecular formula is C25H28N4O3. The summed E-state index contributed by atoms with van der Waals surface area (Å²) < 4.78 is 11.7. The Morgan fingerprint density at radius 2 is 1.75 bits per heavy atom. The first-order valence-electron chi connectivity index (χ1n) is 10.8. The van der Waals surface area contributed by atoms with Crippen molar-refractivity contribution in [3.05, 3.63) is 66.7 Å². The number of aromatic nitrogens is 2. The third-order valence-corrected chi connectivity index (χ3v) is 5.43. The fourth-order valence-corrected chi connectivity index (χ4v) is 3.66. The molecule has 0 aliphatic carbocycles. The molecular weight excluding hydrogens is 404 g/mol. The van der Waals surface area contributed by atoms with Crippen molar-refractivity contribution in [2.75, 3.05) is 38.7 Å². The minimum absolute atomic E-state index is 0.00867. The number of ether oxygens (including phenoxy) is 2. The van der Waals surface area contributed by atoms with Gasteiger partial charge in [-0.2, -0.15) is 0 Å². The topological polar surface area (TPSA) is 67.8 Å². The highest BCUT2D eigenvalue weighted by molar-refractivity contribution is 5.78. The van der Waals surface area contributed by atoms with Crippen LogP contribution in [-0.4, -0.2) is 60.9 Å². The van der Waals surface area contributed by atoms with Crippen LogP contribution in [0.1, 0.15) is 12.8 Å². The highest BCUT2D eigenvalue weighted by atomic mass is 16.5. The zero-order chi connectivity index (χ0) is 22.3. The molecule has 7 nitrogen and oxygen atoms in total. The van der Waals surface area contributed by atoms with E-state index in [4.69, 9.17) is 9.47 Å². The molecule has 0 spiro atoms. The summed E-state index contributed by atoms with van der Waals surface area (Å²) in [5.41, 5.74) is 2.26. The van der Waals surface area contributed by atoms with Crippen LogP contribution >= 0.6 is 0 Å². The van der Waals surface area contributed by atoms with Crippen LogP contribution in [0.2, 0.25) is 0 Å². The molecule has 32 heavy (non-hydrogen) atoms. The normalized spacial score (nSPS) is 15.8. The Bertz CT molecular complexity index is 1010. The molecule has 166 valence electrons. The minimum atomic E-state index is -0.0997. The number of anilines is 1. The van der Waals surface area contributed by atoms with Crippen LogP contribution in [0, 0.1) is 0 Å². The second kappa shape index (κ2) is 10.1. The van der Waals surface area contributed by atoms with Gasteiger partial charge in [0.25, 0.3) is 5.91 Å². The predicted octanol–water partition coefficient (Wildman–Crippen LogP) is 3.66. The van der Waals surface area contributed by atoms with Crippen LogP contribution in [0.25, 0.3) is 11.1 Å². The Morgan fingerprint density at radius 1 is 1.00 bits per heavy atom. The van der Waals surface area contributed by atoms with Crippen LogP contribution in [0.4, 0.5) is 5.82 Å². The molecule has 1 saturated heterocycles. The molecule has 0 N–H and O–H groups in total. The first-order chi connectivity index (χ1) is 15.6. The largest absolute Gasteiger partial charge is 0.484 e. The molecule has 1 aliphatic heterocycles. The number of carbonyl (C=O) groups is 1. The first kappa shape index (κ1) is 21.6. The number of nitrogens with zero attached hydrogens (tertiary/aromatic N) is 4. The van der Waals surface area contributed by atoms with E-state index in [0.29, 0.717) is 24.7 Å². The first-order valence-corrected chi connectivity index (χ1v) is 10.8. The monoisotopic (exact) mass is 432 g/mol. The number of rotatable bonds is 7. The fourth-order valence-electron chi connectivity index (χ4n) is 3.66. The van der Waals surface area contributed by atoms with Crippen LogP contribution < -0.4 is 14.4 Å². The summed E-state index contributed by atoms with van der Waals surface area (Å²) >= 11 is 0. The van der Waals surface area contributed by atoms with E-state index in [9.17, 15) is 4.79 Å². The molecule has 1 aromatic heterocycles. The van der Waals surface area contributed by atoms with Gasteiger partial charge in [-0.25, -0.2) is 0 Å². The van der Waals surface area contributed by atoms with Crippen molar-refractivity contribution in [1.82, 2.24) is 15.1 Å². The van der Waals surface area contributed by atoms with E-state index in [1.54, 1.807) is 4.90 Å². The minimum Gasteiger partial charge on any atom is -0.484 e. The molecule has 1 aliphatic rings. The lowest BCUT2D eigenvalue weighted by Crippen LogP contribution is -2.46. The summed E-state index contributed by atoms with van der Waals surface area (Å²) in [7, 11) is 3.82. The van der Waals surface area contributed by atoms with Crippen molar-refractivity contribution in [3.8, 4) is 22.8 Å². The Morgan fingerprint density at radius 3 is 2.44 bits per heavy atom. The number of piperidine rings is 1. The highest BCUT2D eigenvalue weighted by Gasteiger charge is 2.25. The molecule has 0 saturated carbocycles. The van der Waals surface area contributed by atoms with Crippen molar-refractivity contribution in [2.45, 2.75) is 18.9 Å². The highest BCUT2D eigenvalue weighted by Crippen LogP contribution is 2.22. The average molecular weight is 433 g/mol. The third-order valence-electron chi connectivity index (χ3n) is 5.43. The summed E-state index contributed by atoms with van der Waals surface area (Å²) in [4.78, 5) is 16.4. The van der Waals surface area contributed by atoms with E-state index in [1.165, 1.54) is 0 Å². The lowest BCUT2D eigenvalue weighted by Gasteiger charge is -2.32. The Balaban J connectivity index is 1.27. The average Bonchev–Trinajstić information content (AvgIpc) is 2.84. The SMILES string of the molecule is CN(C)c1ccc(OC2CCCN(C(=O)COc3ccc(-c4ccccc4)cc3)C2)nn1. The lowest BCUT2D eigenvalue weighted by molar-refractivity contribution is -0.136. The second-order valence-electron chi connectivity index (χ2n) is 8.03. The van der Waals surface area contributed by atoms with E-state index in [1.807, 2.05) is 73.6 Å². The summed E-state index contributed by atoms with van der Waals surface area (Å²) in [5, 5.41) is 8.26. The van der Waals surface area contributed by atoms with Gasteiger partial charge in [0, 0.05) is 26.7 Å². The number of amides is 1. The lowest BCUT2D eigenvalue weighted by atomic mass is 10.1. The number of benzene rings is 2. The third kappa shape index (κ3) is 5.55. The quantitative estimate of drug-likeness (QED) is 0.568. The van der Waals surface area contributed by atoms with Crippen LogP contribution in [0.5, 0.6) is 11.6 Å². The Kier molecular flexibility index (Phi) is 6.84. The van der Waals surface area contributed by atoms with Gasteiger partial charge in [0.1, 0.15) is 11.9 Å². The second-order valence-corrected chi connectivity index (χ2v) is 8.03. The van der Waals surface area contributed by atoms with Crippen LogP contribution in [-0.2, 0) is 4.79 Å². The van der Waals surface area contributed by atoms with Crippen molar-refractivity contribution in [3.63, 3.8) is 0 Å². The van der Waals surface area contributed by atoms with Gasteiger partial charge in [-0.15, -0.1) is 10.2 Å². The summed E-state index contributed by atoms with van der Waals surface area (Å²) in [5.74, 6) is 1.88. The standard InChI is InChI=1S/C25H28N4O3/c1-28(2)23-14-15-24(27-26-23)32-22-9-6-16-29(17-22)25(30)18-31-21-12-10-20(11-13-21)19-7-4-3-5-8-19/h3-5,7-8,10-15,22H,6,9,16-18H2,1-2H3. The van der Waals surface area contributed by atoms with Gasteiger partial charge in [-0.1, -0.05) is 42.5 Å². The molecule has 2 heterocycles. The van der Waals surface area contributed by atoms with Crippen molar-refractivity contribution in [2.24, 2.45) is 0 Å². The number of carbonyl (C=O) groups excluding carboxylic acids is 1. The molecule has 1 amide bonds. The van der Waals surface area contributed by atoms with Gasteiger partial charge in [0.15, 0.2) is 12.4 Å². The zero-order valence-corrected chi connectivity index (χ0v) is 18.5. The van der Waals surface area contributed by atoms with E-state index < -0.39 is 0 Å². The van der Waals surface area contributed by atoms with Gasteiger partial charge in [0.05, 0.1) is 6.54 Å². The molecule has 3 aromatic rings. The van der Waals surface area contributed by atoms with Gasteiger partial charge in [-0.3, -0.25) is 4.79 Å². The van der Waals surface area contributed by atoms with Crippen molar-refractivity contribution < 1.29 is 14.3 Å². The van der Waals surface area contributed by atoms with Gasteiger partial charge >= 0.3 is 0 Å². The van der Waals surface area contributed by atoms with E-state index in [-0.39, 0.29) is 18.6 Å². The number of likely N-dealkylation sites (tertiary alicyclic amines) is 1. The van der Waals surface area contributed by atoms with E-state index in [2.05, 4.69) is 22.3 Å². The molecule has 4 rings (SSSR count). The van der Waals surface area contributed by atoms with Crippen LogP contribution in [0.3, 0.4) is 0 Å². The number of hydrogen-bond acceptors (Lipinski definition) is 6. The molecule has 1 unspecified atom stereocenters. The zero-order valence-electron chi connectivity index (χ0n) is 18.5. The van der Waals surface area contributed by atoms with E-state index >= 15 is 0 Å². The maximum absolute atomic E-state index is 12.7. The molecule has 2 aromatic carbocycles. The summed E-state index contributed by atoms with van der Waals surface area (Å²) in [6.45, 7) is 1.24. The van der Waals surface area contributed by atoms with Crippen molar-refractivity contribution >= 4 is 11.7 Å². The molecule has 0 radical (unpaired) electrons. The van der Waals surface area contributed by atoms with E-state index in [0.717, 1.165) is 29.8 Å². The maximum atomic E-state index is 12.7. The summed E-state index contributed by atoms with van der Waals surface area (Å²) in [6.07, 6.45) is 1.66. The van der Waals surface area contributed by atoms with Gasteiger partial charge in [-0.05, 0) is 42.2 Å². The predicted molar refractivity (Wildman–Crippen MR) is 124 cm³/mol. The molecule has 0 bridgehead atoms. The molecule has 1 atom stereocenters. The Hall–Kier alpha value is -3.61. The van der Waals surface area contributed by atoms with Gasteiger partial charge in [0.2, 0.25) is 5.88 Å². The van der Waals surface area contributed by atoms with Gasteiger partial charge < -0.3 is 19.3 Å². The summed E-state index contributed by atoms with van der Waals surface area (Å²) in [6, 6.07) is 21.6. The van der Waals surface area contributed by atoms with Crippen molar-refractivity contribution in [1.29, 1.82) is 0 Å². The smallest absolute Gasteiger partial charge is 0.260 e. The Labute approximate surface area is 188 Å². The maximum Gasteiger partial charge on any atom is 0.260 e. The molecule has 1 fully saturated rings.